The first-order valence-electron chi connectivity index (χ1n) is 8.35. The van der Waals surface area contributed by atoms with Gasteiger partial charge in [0, 0.05) is 0 Å². The van der Waals surface area contributed by atoms with Gasteiger partial charge in [-0.15, -0.1) is 0 Å². The summed E-state index contributed by atoms with van der Waals surface area (Å²) in [6.07, 6.45) is -0.496. The molecule has 4 atom stereocenters. The molecule has 0 aromatic carbocycles. The molecule has 144 valence electrons. The summed E-state index contributed by atoms with van der Waals surface area (Å²) in [5.74, 6) is 0.227. The van der Waals surface area contributed by atoms with E-state index in [1.54, 1.807) is 11.3 Å². The van der Waals surface area contributed by atoms with Gasteiger partial charge in [-0.2, -0.15) is 11.3 Å². The number of aliphatic hydroxyl groups is 2. The van der Waals surface area contributed by atoms with E-state index in [-0.39, 0.29) is 12.4 Å². The van der Waals surface area contributed by atoms with Gasteiger partial charge in [-0.3, -0.25) is 4.57 Å². The number of nitrogens with two attached hydrogens (primary N) is 1. The molecule has 3 aromatic heterocycles. The minimum absolute atomic E-state index is 0.0257. The molecule has 11 heteroatoms. The molecule has 0 aliphatic carbocycles. The molecule has 0 spiro atoms. The Bertz CT molecular complexity index is 889. The highest BCUT2D eigenvalue weighted by Crippen LogP contribution is 2.32. The third kappa shape index (κ3) is 3.65. The lowest BCUT2D eigenvalue weighted by atomic mass is 10.1. The topological polar surface area (TPSA) is 138 Å². The van der Waals surface area contributed by atoms with E-state index in [0.29, 0.717) is 17.8 Å². The van der Waals surface area contributed by atoms with Crippen LogP contribution in [0.15, 0.2) is 29.5 Å². The normalized spacial score (nSPS) is 25.4. The molecule has 0 saturated carbocycles. The zero-order valence-corrected chi connectivity index (χ0v) is 15.0. The van der Waals surface area contributed by atoms with Crippen molar-refractivity contribution in [2.24, 2.45) is 0 Å². The van der Waals surface area contributed by atoms with Crippen molar-refractivity contribution >= 4 is 28.3 Å². The Morgan fingerprint density at radius 2 is 2.11 bits per heavy atom. The molecule has 3 aromatic rings. The van der Waals surface area contributed by atoms with Crippen LogP contribution in [0.4, 0.5) is 5.82 Å². The zero-order chi connectivity index (χ0) is 18.8. The number of nitrogen functional groups attached to an aromatic ring is 1. The van der Waals surface area contributed by atoms with Gasteiger partial charge < -0.3 is 20.7 Å². The van der Waals surface area contributed by atoms with Gasteiger partial charge in [-0.05, 0) is 28.8 Å². The lowest BCUT2D eigenvalue weighted by Crippen LogP contribution is -2.33. The first-order valence-corrected chi connectivity index (χ1v) is 9.29. The number of hydrogen-bond donors (Lipinski definition) is 3. The van der Waals surface area contributed by atoms with E-state index in [0.717, 1.165) is 6.42 Å². The minimum Gasteiger partial charge on any atom is -0.387 e. The number of fused-ring (bicyclic) bond motifs is 1. The van der Waals surface area contributed by atoms with Crippen molar-refractivity contribution in [1.29, 1.82) is 0 Å². The molecular formula is C16H19N5O5S. The summed E-state index contributed by atoms with van der Waals surface area (Å²) < 4.78 is 7.26. The van der Waals surface area contributed by atoms with Gasteiger partial charge in [0.15, 0.2) is 17.7 Å². The highest BCUT2D eigenvalue weighted by atomic mass is 32.1. The smallest absolute Gasteiger partial charge is 0.167 e. The van der Waals surface area contributed by atoms with Crippen molar-refractivity contribution in [2.45, 2.75) is 31.0 Å². The Morgan fingerprint density at radius 3 is 2.93 bits per heavy atom. The van der Waals surface area contributed by atoms with Crippen molar-refractivity contribution in [3.05, 3.63) is 35.0 Å². The summed E-state index contributed by atoms with van der Waals surface area (Å²) in [5, 5.41) is 24.7. The van der Waals surface area contributed by atoms with Gasteiger partial charge in [0.25, 0.3) is 0 Å². The van der Waals surface area contributed by atoms with Crippen LogP contribution in [-0.4, -0.2) is 61.3 Å². The predicted octanol–water partition coefficient (Wildman–Crippen LogP) is 0.280. The Morgan fingerprint density at radius 1 is 1.22 bits per heavy atom. The van der Waals surface area contributed by atoms with Crippen molar-refractivity contribution in [1.82, 2.24) is 19.5 Å². The Balaban J connectivity index is 1.35. The maximum atomic E-state index is 10.4. The van der Waals surface area contributed by atoms with E-state index in [2.05, 4.69) is 15.0 Å². The van der Waals surface area contributed by atoms with Gasteiger partial charge in [0.1, 0.15) is 36.8 Å². The summed E-state index contributed by atoms with van der Waals surface area (Å²) >= 11 is 1.62. The van der Waals surface area contributed by atoms with E-state index in [1.807, 2.05) is 16.8 Å². The Kier molecular flexibility index (Phi) is 5.29. The number of anilines is 1. The number of ether oxygens (including phenoxy) is 1. The molecular weight excluding hydrogens is 374 g/mol. The maximum absolute atomic E-state index is 10.4. The van der Waals surface area contributed by atoms with E-state index < -0.39 is 24.5 Å². The van der Waals surface area contributed by atoms with Gasteiger partial charge in [0.05, 0.1) is 12.9 Å². The molecule has 1 aliphatic rings. The number of hydrogen-bond acceptors (Lipinski definition) is 10. The molecule has 4 heterocycles. The summed E-state index contributed by atoms with van der Waals surface area (Å²) in [6, 6.07) is 2.02. The van der Waals surface area contributed by atoms with Gasteiger partial charge >= 0.3 is 0 Å². The van der Waals surface area contributed by atoms with Gasteiger partial charge in [-0.1, -0.05) is 0 Å². The van der Waals surface area contributed by atoms with E-state index in [9.17, 15) is 10.2 Å². The van der Waals surface area contributed by atoms with Gasteiger partial charge in [-0.25, -0.2) is 24.7 Å². The number of thiophene rings is 1. The quantitative estimate of drug-likeness (QED) is 0.293. The lowest BCUT2D eigenvalue weighted by molar-refractivity contribution is -0.309. The molecule has 0 amide bonds. The summed E-state index contributed by atoms with van der Waals surface area (Å²) in [7, 11) is 0. The standard InChI is InChI=1S/C16H19N5O5S/c17-14-11-15(19-7-18-14)21(8-20-11)16-13(23)12(22)10(26-16)5-25-24-3-1-9-2-4-27-6-9/h2,4,6-8,10,12-13,16,22-23H,1,3,5H2,(H2,17,18,19)/t10-,12-,13-,16-/m1/s1. The Hall–Kier alpha value is -2.15. The number of rotatable bonds is 7. The third-order valence-corrected chi connectivity index (χ3v) is 5.10. The van der Waals surface area contributed by atoms with Gasteiger partial charge in [0.2, 0.25) is 0 Å². The largest absolute Gasteiger partial charge is 0.387 e. The van der Waals surface area contributed by atoms with Crippen LogP contribution >= 0.6 is 11.3 Å². The van der Waals surface area contributed by atoms with Crippen LogP contribution in [0.25, 0.3) is 11.2 Å². The summed E-state index contributed by atoms with van der Waals surface area (Å²) in [5.41, 5.74) is 7.75. The first-order chi connectivity index (χ1) is 13.1. The fourth-order valence-electron chi connectivity index (χ4n) is 2.92. The molecule has 1 aliphatic heterocycles. The fraction of sp³-hybridized carbons (Fsp3) is 0.438. The lowest BCUT2D eigenvalue weighted by Gasteiger charge is -2.16. The van der Waals surface area contributed by atoms with Crippen molar-refractivity contribution < 1.29 is 24.7 Å². The SMILES string of the molecule is Nc1ncnc2c1ncn2[C@@H]1O[C@H](COOCCc2ccsc2)[C@@H](O)[C@H]1O. The minimum atomic E-state index is -1.18. The molecule has 0 bridgehead atoms. The van der Waals surface area contributed by atoms with Crippen molar-refractivity contribution in [3.8, 4) is 0 Å². The molecule has 10 nitrogen and oxygen atoms in total. The van der Waals surface area contributed by atoms with Crippen LogP contribution in [0.5, 0.6) is 0 Å². The van der Waals surface area contributed by atoms with Crippen LogP contribution in [0, 0.1) is 0 Å². The third-order valence-electron chi connectivity index (χ3n) is 4.37. The van der Waals surface area contributed by atoms with Crippen molar-refractivity contribution in [2.75, 3.05) is 18.9 Å². The van der Waals surface area contributed by atoms with Crippen LogP contribution < -0.4 is 5.73 Å². The fourth-order valence-corrected chi connectivity index (χ4v) is 3.62. The highest BCUT2D eigenvalue weighted by Gasteiger charge is 2.44. The van der Waals surface area contributed by atoms with Crippen molar-refractivity contribution in [3.63, 3.8) is 0 Å². The first kappa shape index (κ1) is 18.2. The average molecular weight is 393 g/mol. The number of imidazole rings is 1. The van der Waals surface area contributed by atoms with E-state index >= 15 is 0 Å². The van der Waals surface area contributed by atoms with Crippen LogP contribution in [0.3, 0.4) is 0 Å². The molecule has 27 heavy (non-hydrogen) atoms. The molecule has 4 N–H and O–H groups in total. The average Bonchev–Trinajstić information content (AvgIpc) is 3.38. The number of nitrogens with zero attached hydrogens (tertiary/aromatic N) is 4. The Labute approximate surface area is 158 Å². The molecule has 0 radical (unpaired) electrons. The monoisotopic (exact) mass is 393 g/mol. The summed E-state index contributed by atoms with van der Waals surface area (Å²) in [4.78, 5) is 22.4. The molecule has 0 unspecified atom stereocenters. The maximum Gasteiger partial charge on any atom is 0.167 e. The second-order valence-corrected chi connectivity index (χ2v) is 6.90. The second-order valence-electron chi connectivity index (χ2n) is 6.12. The van der Waals surface area contributed by atoms with E-state index in [1.165, 1.54) is 22.8 Å². The second kappa shape index (κ2) is 7.84. The highest BCUT2D eigenvalue weighted by molar-refractivity contribution is 7.07. The van der Waals surface area contributed by atoms with E-state index in [4.69, 9.17) is 20.2 Å². The number of aliphatic hydroxyl groups excluding tert-OH is 2. The molecule has 1 fully saturated rings. The molecule has 4 rings (SSSR count). The van der Waals surface area contributed by atoms with Crippen LogP contribution in [0.2, 0.25) is 0 Å². The zero-order valence-electron chi connectivity index (χ0n) is 14.2. The molecule has 1 saturated heterocycles. The predicted molar refractivity (Wildman–Crippen MR) is 95.6 cm³/mol. The number of aromatic nitrogens is 4. The summed E-state index contributed by atoms with van der Waals surface area (Å²) in [6.45, 7) is 0.357. The van der Waals surface area contributed by atoms with Crippen LogP contribution in [0.1, 0.15) is 11.8 Å². The van der Waals surface area contributed by atoms with Crippen LogP contribution in [-0.2, 0) is 20.9 Å².